The van der Waals surface area contributed by atoms with E-state index < -0.39 is 33.9 Å². The van der Waals surface area contributed by atoms with Gasteiger partial charge in [-0.15, -0.1) is 0 Å². The number of hydrogen-bond acceptors (Lipinski definition) is 11. The van der Waals surface area contributed by atoms with E-state index in [2.05, 4.69) is 11.8 Å². The summed E-state index contributed by atoms with van der Waals surface area (Å²) in [5, 5.41) is 0. The number of likely N-dealkylation sites (tertiary alicyclic amines) is 1. The van der Waals surface area contributed by atoms with Crippen LogP contribution >= 0.6 is 0 Å². The molecule has 14 atom stereocenters. The molecule has 5 aliphatic carbocycles. The van der Waals surface area contributed by atoms with E-state index in [9.17, 15) is 14.4 Å². The molecule has 0 N–H and O–H groups in total. The lowest BCUT2D eigenvalue weighted by Crippen LogP contribution is -2.81. The van der Waals surface area contributed by atoms with Gasteiger partial charge in [0, 0.05) is 82.3 Å². The number of hydrogen-bond donors (Lipinski definition) is 0. The van der Waals surface area contributed by atoms with Gasteiger partial charge in [-0.1, -0.05) is 26.0 Å². The van der Waals surface area contributed by atoms with Gasteiger partial charge in [-0.05, 0) is 43.9 Å². The van der Waals surface area contributed by atoms with Crippen molar-refractivity contribution in [2.24, 2.45) is 40.4 Å². The van der Waals surface area contributed by atoms with Crippen LogP contribution in [0, 0.1) is 40.4 Å². The fourth-order valence-electron chi connectivity index (χ4n) is 13.9. The Bertz CT molecular complexity index is 1610. The summed E-state index contributed by atoms with van der Waals surface area (Å²) < 4.78 is 46.5. The Morgan fingerprint density at radius 2 is 1.84 bits per heavy atom. The standard InChI is InChI=1S/C38H50N2O10/c1-7-39-17-35(18-48-33(43)21-10-8-9-11-24(21)40-27(41)14-20(2)32(40)42)13-12-26(45-4)37-23-15-22-25(44-3)16-36(28(23)29(22)46-5)38(34(37)39,50-19-49-36)31(47-6)30(35)37/h8-11,20,22-23,25-26,28-31,34H,7,12-19H2,1-6H3/t20-,22?,23?,25-,26?,28?,29?,30?,31?,34?,35?,36?,37?,38?/m0/s1. The number of para-hydroxylation sites is 1. The van der Waals surface area contributed by atoms with Crippen molar-refractivity contribution in [3.63, 3.8) is 0 Å². The summed E-state index contributed by atoms with van der Waals surface area (Å²) in [7, 11) is 7.24. The first-order chi connectivity index (χ1) is 24.1. The average Bonchev–Trinajstić information content (AvgIpc) is 3.78. The second-order valence-electron chi connectivity index (χ2n) is 16.3. The number of piperidine rings is 1. The molecule has 0 aromatic heterocycles. The summed E-state index contributed by atoms with van der Waals surface area (Å²) in [6.07, 6.45) is 2.77. The number of benzene rings is 1. The van der Waals surface area contributed by atoms with Crippen molar-refractivity contribution in [3.05, 3.63) is 29.8 Å². The van der Waals surface area contributed by atoms with Gasteiger partial charge in [0.05, 0.1) is 48.3 Å². The molecule has 1 aromatic rings. The van der Waals surface area contributed by atoms with Crippen molar-refractivity contribution < 1.29 is 47.5 Å². The van der Waals surface area contributed by atoms with Crippen LogP contribution in [0.15, 0.2) is 24.3 Å². The monoisotopic (exact) mass is 694 g/mol. The Hall–Kier alpha value is -2.45. The smallest absolute Gasteiger partial charge is 0.340 e. The van der Waals surface area contributed by atoms with Crippen LogP contribution in [0.25, 0.3) is 0 Å². The minimum absolute atomic E-state index is 0.0457. The summed E-state index contributed by atoms with van der Waals surface area (Å²) in [5.41, 5.74) is -1.91. The Labute approximate surface area is 293 Å². The quantitative estimate of drug-likeness (QED) is 0.280. The molecule has 3 heterocycles. The maximum absolute atomic E-state index is 14.2. The van der Waals surface area contributed by atoms with Crippen molar-refractivity contribution in [1.29, 1.82) is 0 Å². The molecule has 12 heteroatoms. The number of esters is 1. The second-order valence-corrected chi connectivity index (χ2v) is 16.3. The zero-order valence-corrected chi connectivity index (χ0v) is 29.9. The number of carbonyl (C=O) groups excluding carboxylic acids is 3. The van der Waals surface area contributed by atoms with Crippen LogP contribution < -0.4 is 4.90 Å². The molecule has 5 saturated carbocycles. The van der Waals surface area contributed by atoms with Crippen LogP contribution in [0.1, 0.15) is 56.3 Å². The van der Waals surface area contributed by atoms with E-state index in [4.69, 9.17) is 33.2 Å². The maximum atomic E-state index is 14.2. The summed E-state index contributed by atoms with van der Waals surface area (Å²) in [5.74, 6) is -1.22. The van der Waals surface area contributed by atoms with E-state index >= 15 is 0 Å². The number of methoxy groups -OCH3 is 4. The molecule has 12 nitrogen and oxygen atoms in total. The van der Waals surface area contributed by atoms with Crippen LogP contribution in [0.2, 0.25) is 0 Å². The van der Waals surface area contributed by atoms with Gasteiger partial charge < -0.3 is 33.2 Å². The minimum atomic E-state index is -0.820. The largest absolute Gasteiger partial charge is 0.461 e. The van der Waals surface area contributed by atoms with Gasteiger partial charge in [0.1, 0.15) is 18.0 Å². The number of amides is 2. The Morgan fingerprint density at radius 1 is 1.04 bits per heavy atom. The molecule has 3 spiro atoms. The first-order valence-corrected chi connectivity index (χ1v) is 18.4. The van der Waals surface area contributed by atoms with Crippen molar-refractivity contribution in [2.75, 3.05) is 59.8 Å². The number of imide groups is 1. The highest BCUT2D eigenvalue weighted by atomic mass is 16.7. The van der Waals surface area contributed by atoms with Gasteiger partial charge in [0.15, 0.2) is 0 Å². The summed E-state index contributed by atoms with van der Waals surface area (Å²) >= 11 is 0. The Morgan fingerprint density at radius 3 is 2.52 bits per heavy atom. The van der Waals surface area contributed by atoms with Crippen LogP contribution in [0.4, 0.5) is 5.69 Å². The number of rotatable bonds is 9. The SMILES string of the molecule is CCN1CC2(COC(=O)c3ccccc3N3C(=O)C[C@H](C)C3=O)CCC(OC)C34C5CC6C(OC)C5C5(C[C@@H]6OC)OCOC5(C(OC)C23)C14. The highest BCUT2D eigenvalue weighted by molar-refractivity contribution is 6.22. The normalized spacial score (nSPS) is 48.3. The molecule has 3 aliphatic heterocycles. The van der Waals surface area contributed by atoms with Crippen LogP contribution in [0.3, 0.4) is 0 Å². The number of fused-ring (bicyclic) bond motifs is 1. The molecule has 2 amide bonds. The molecule has 9 rings (SSSR count). The number of likely N-dealkylation sites (N-methyl/N-ethyl adjacent to an activating group) is 1. The maximum Gasteiger partial charge on any atom is 0.340 e. The lowest BCUT2D eigenvalue weighted by atomic mass is 9.42. The third-order valence-electron chi connectivity index (χ3n) is 15.1. The van der Waals surface area contributed by atoms with Gasteiger partial charge >= 0.3 is 5.97 Å². The van der Waals surface area contributed by atoms with Crippen molar-refractivity contribution in [2.45, 2.75) is 87.6 Å². The third kappa shape index (κ3) is 3.64. The molecule has 8 fully saturated rings. The molecule has 12 unspecified atom stereocenters. The lowest BCUT2D eigenvalue weighted by Gasteiger charge is -2.70. The minimum Gasteiger partial charge on any atom is -0.461 e. The zero-order chi connectivity index (χ0) is 35.0. The van der Waals surface area contributed by atoms with Crippen molar-refractivity contribution in [1.82, 2.24) is 4.90 Å². The van der Waals surface area contributed by atoms with Crippen molar-refractivity contribution >= 4 is 23.5 Å². The topological polar surface area (TPSA) is 122 Å². The molecule has 1 aromatic carbocycles. The van der Waals surface area contributed by atoms with E-state index in [0.29, 0.717) is 13.0 Å². The molecular formula is C38H50N2O10. The van der Waals surface area contributed by atoms with E-state index in [-0.39, 0.29) is 97.0 Å². The number of carbonyl (C=O) groups is 3. The van der Waals surface area contributed by atoms with Gasteiger partial charge in [-0.3, -0.25) is 14.5 Å². The molecule has 0 radical (unpaired) electrons. The lowest BCUT2D eigenvalue weighted by molar-refractivity contribution is -0.286. The van der Waals surface area contributed by atoms with Crippen LogP contribution in [-0.4, -0.2) is 119 Å². The van der Waals surface area contributed by atoms with Gasteiger partial charge in [-0.25, -0.2) is 9.69 Å². The van der Waals surface area contributed by atoms with Gasteiger partial charge in [-0.2, -0.15) is 0 Å². The predicted molar refractivity (Wildman–Crippen MR) is 177 cm³/mol. The molecule has 50 heavy (non-hydrogen) atoms. The first-order valence-electron chi connectivity index (χ1n) is 18.4. The summed E-state index contributed by atoms with van der Waals surface area (Å²) in [6, 6.07) is 6.72. The zero-order valence-electron chi connectivity index (χ0n) is 29.9. The van der Waals surface area contributed by atoms with Gasteiger partial charge in [0.2, 0.25) is 11.8 Å². The second kappa shape index (κ2) is 11.3. The number of anilines is 1. The highest BCUT2D eigenvalue weighted by Crippen LogP contribution is 2.82. The number of nitrogens with zero attached hydrogens (tertiary/aromatic N) is 2. The molecule has 3 saturated heterocycles. The Balaban J connectivity index is 1.16. The van der Waals surface area contributed by atoms with Crippen molar-refractivity contribution in [3.8, 4) is 0 Å². The summed E-state index contributed by atoms with van der Waals surface area (Å²) in [6.45, 7) is 5.73. The summed E-state index contributed by atoms with van der Waals surface area (Å²) in [4.78, 5) is 43.8. The van der Waals surface area contributed by atoms with E-state index in [1.807, 2.05) is 14.2 Å². The average molecular weight is 695 g/mol. The predicted octanol–water partition coefficient (Wildman–Crippen LogP) is 3.05. The Kier molecular flexibility index (Phi) is 7.53. The molecule has 7 bridgehead atoms. The first kappa shape index (κ1) is 33.4. The van der Waals surface area contributed by atoms with E-state index in [0.717, 1.165) is 30.7 Å². The van der Waals surface area contributed by atoms with E-state index in [1.165, 1.54) is 0 Å². The molecule has 272 valence electrons. The number of ether oxygens (including phenoxy) is 7. The molecular weight excluding hydrogens is 644 g/mol. The highest BCUT2D eigenvalue weighted by Gasteiger charge is 2.94. The third-order valence-corrected chi connectivity index (χ3v) is 15.1. The fourth-order valence-corrected chi connectivity index (χ4v) is 13.9. The fraction of sp³-hybridized carbons (Fsp3) is 0.763. The van der Waals surface area contributed by atoms with E-state index in [1.54, 1.807) is 45.4 Å². The van der Waals surface area contributed by atoms with Crippen LogP contribution in [0.5, 0.6) is 0 Å². The van der Waals surface area contributed by atoms with Crippen LogP contribution in [-0.2, 0) is 42.7 Å². The van der Waals surface area contributed by atoms with Gasteiger partial charge in [0.25, 0.3) is 0 Å². The molecule has 8 aliphatic rings.